The maximum Gasteiger partial charge on any atom is 0.236 e. The molecule has 2 atom stereocenters. The van der Waals surface area contributed by atoms with Gasteiger partial charge in [-0.1, -0.05) is 0 Å². The molecule has 0 saturated heterocycles. The van der Waals surface area contributed by atoms with Gasteiger partial charge >= 0.3 is 0 Å². The van der Waals surface area contributed by atoms with Crippen molar-refractivity contribution in [1.29, 1.82) is 0 Å². The van der Waals surface area contributed by atoms with Crippen LogP contribution in [0.3, 0.4) is 0 Å². The molecule has 0 fully saturated rings. The van der Waals surface area contributed by atoms with Crippen molar-refractivity contribution in [1.82, 2.24) is 0 Å². The third-order valence-corrected chi connectivity index (χ3v) is 3.06. The lowest BCUT2D eigenvalue weighted by molar-refractivity contribution is -0.112. The second-order valence-corrected chi connectivity index (χ2v) is 4.55. The van der Waals surface area contributed by atoms with E-state index in [4.69, 9.17) is 11.5 Å². The van der Waals surface area contributed by atoms with Gasteiger partial charge in [-0.2, -0.15) is 12.6 Å². The molecule has 0 spiro atoms. The Balaban J connectivity index is 3.97. The van der Waals surface area contributed by atoms with E-state index in [2.05, 4.69) is 17.6 Å². The van der Waals surface area contributed by atoms with E-state index in [0.717, 1.165) is 0 Å². The molecule has 0 bridgehead atoms. The summed E-state index contributed by atoms with van der Waals surface area (Å²) in [6.45, 7) is 1.91. The average molecular weight is 237 g/mol. The summed E-state index contributed by atoms with van der Waals surface area (Å²) in [5.41, 5.74) is 10.6. The lowest BCUT2D eigenvalue weighted by atomic mass is 10.4. The zero-order valence-corrected chi connectivity index (χ0v) is 9.68. The summed E-state index contributed by atoms with van der Waals surface area (Å²) in [6, 6.07) is -0.762. The van der Waals surface area contributed by atoms with Crippen LogP contribution in [0.2, 0.25) is 0 Å². The molecule has 0 aromatic rings. The minimum absolute atomic E-state index is 0.162. The number of aliphatic imine (C=N–C) groups is 1. The summed E-state index contributed by atoms with van der Waals surface area (Å²) in [7, 11) is -1.59. The summed E-state index contributed by atoms with van der Waals surface area (Å²) in [5, 5.41) is -0.482. The quantitative estimate of drug-likeness (QED) is 0.321. The van der Waals surface area contributed by atoms with Gasteiger partial charge in [0.15, 0.2) is 0 Å². The number of nitrogens with zero attached hydrogens (tertiary/aromatic N) is 1. The van der Waals surface area contributed by atoms with Gasteiger partial charge in [0.2, 0.25) is 5.12 Å². The molecular formula is C7H15N3O2S2. The Labute approximate surface area is 91.2 Å². The molecule has 0 aliphatic heterocycles. The van der Waals surface area contributed by atoms with E-state index in [1.807, 2.05) is 0 Å². The van der Waals surface area contributed by atoms with E-state index in [0.29, 0.717) is 5.84 Å². The summed E-state index contributed by atoms with van der Waals surface area (Å²) in [4.78, 5) is 15.0. The second kappa shape index (κ2) is 6.97. The zero-order valence-electron chi connectivity index (χ0n) is 7.97. The Morgan fingerprint density at radius 2 is 2.21 bits per heavy atom. The van der Waals surface area contributed by atoms with Gasteiger partial charge in [-0.3, -0.25) is 14.0 Å². The highest BCUT2D eigenvalue weighted by atomic mass is 32.2. The summed E-state index contributed by atoms with van der Waals surface area (Å²) in [6.07, 6.45) is 0. The number of amidine groups is 1. The molecule has 0 aromatic carbocycles. The van der Waals surface area contributed by atoms with Crippen molar-refractivity contribution in [3.8, 4) is 0 Å². The van der Waals surface area contributed by atoms with E-state index in [9.17, 15) is 9.00 Å². The van der Waals surface area contributed by atoms with Crippen LogP contribution in [-0.2, 0) is 15.6 Å². The number of hydrogen-bond acceptors (Lipinski definition) is 5. The van der Waals surface area contributed by atoms with Gasteiger partial charge < -0.3 is 11.5 Å². The number of nitrogens with two attached hydrogens (primary N) is 2. The fourth-order valence-electron chi connectivity index (χ4n) is 0.649. The summed E-state index contributed by atoms with van der Waals surface area (Å²) < 4.78 is 11.3. The van der Waals surface area contributed by atoms with Crippen molar-refractivity contribution in [2.75, 3.05) is 18.1 Å². The topological polar surface area (TPSA) is 98.5 Å². The Kier molecular flexibility index (Phi) is 6.77. The fourth-order valence-corrected chi connectivity index (χ4v) is 1.82. The molecule has 82 valence electrons. The van der Waals surface area contributed by atoms with Gasteiger partial charge in [-0.25, -0.2) is 0 Å². The molecule has 0 heterocycles. The van der Waals surface area contributed by atoms with Crippen LogP contribution in [0, 0.1) is 0 Å². The normalized spacial score (nSPS) is 16.4. The molecule has 0 aliphatic carbocycles. The van der Waals surface area contributed by atoms with Crippen molar-refractivity contribution in [3.05, 3.63) is 0 Å². The lowest BCUT2D eigenvalue weighted by Crippen LogP contribution is -2.36. The van der Waals surface area contributed by atoms with Crippen LogP contribution >= 0.6 is 12.6 Å². The van der Waals surface area contributed by atoms with Crippen LogP contribution in [0.25, 0.3) is 0 Å². The predicted octanol–water partition coefficient (Wildman–Crippen LogP) is -1.10. The van der Waals surface area contributed by atoms with E-state index < -0.39 is 22.0 Å². The number of hydrogen-bond donors (Lipinski definition) is 3. The van der Waals surface area contributed by atoms with Gasteiger partial charge in [0, 0.05) is 5.75 Å². The molecule has 0 saturated carbocycles. The minimum Gasteiger partial charge on any atom is -0.388 e. The van der Waals surface area contributed by atoms with Crippen LogP contribution in [-0.4, -0.2) is 39.3 Å². The van der Waals surface area contributed by atoms with Crippen molar-refractivity contribution < 1.29 is 9.00 Å². The smallest absolute Gasteiger partial charge is 0.236 e. The molecule has 14 heavy (non-hydrogen) atoms. The SMILES string of the molecule is CC(N)=NCCS(=O)C(=O)[C@@H](N)CS. The van der Waals surface area contributed by atoms with Crippen LogP contribution < -0.4 is 11.5 Å². The van der Waals surface area contributed by atoms with E-state index in [-0.39, 0.29) is 18.1 Å². The molecule has 1 unspecified atom stereocenters. The standard InChI is InChI=1S/C7H15N3O2S2/c1-5(8)10-2-3-14(12)7(11)6(9)4-13/h6,13H,2-4,9H2,1H3,(H2,8,10)/t6-,14?/m0/s1. The summed E-state index contributed by atoms with van der Waals surface area (Å²) >= 11 is 3.85. The molecule has 0 aliphatic rings. The highest BCUT2D eigenvalue weighted by Gasteiger charge is 2.18. The van der Waals surface area contributed by atoms with Crippen molar-refractivity contribution in [2.24, 2.45) is 16.5 Å². The second-order valence-electron chi connectivity index (χ2n) is 2.68. The predicted molar refractivity (Wildman–Crippen MR) is 62.0 cm³/mol. The van der Waals surface area contributed by atoms with Gasteiger partial charge in [0.25, 0.3) is 0 Å². The third-order valence-electron chi connectivity index (χ3n) is 1.36. The largest absolute Gasteiger partial charge is 0.388 e. The molecular weight excluding hydrogens is 222 g/mol. The van der Waals surface area contributed by atoms with Crippen molar-refractivity contribution >= 4 is 34.4 Å². The first-order valence-corrected chi connectivity index (χ1v) is 5.99. The number of rotatable bonds is 5. The van der Waals surface area contributed by atoms with Gasteiger partial charge in [-0.05, 0) is 6.92 Å². The van der Waals surface area contributed by atoms with E-state index in [1.54, 1.807) is 6.92 Å². The average Bonchev–Trinajstić information content (AvgIpc) is 2.14. The lowest BCUT2D eigenvalue weighted by Gasteiger charge is -2.05. The summed E-state index contributed by atoms with van der Waals surface area (Å²) in [5.74, 6) is 0.770. The molecule has 0 rings (SSSR count). The van der Waals surface area contributed by atoms with Gasteiger partial charge in [0.05, 0.1) is 35.0 Å². The third kappa shape index (κ3) is 5.36. The minimum atomic E-state index is -1.59. The molecule has 4 N–H and O–H groups in total. The Morgan fingerprint density at radius 1 is 1.64 bits per heavy atom. The van der Waals surface area contributed by atoms with Crippen molar-refractivity contribution in [3.63, 3.8) is 0 Å². The highest BCUT2D eigenvalue weighted by Crippen LogP contribution is 1.93. The van der Waals surface area contributed by atoms with Gasteiger partial charge in [0.1, 0.15) is 0 Å². The van der Waals surface area contributed by atoms with E-state index in [1.165, 1.54) is 0 Å². The first kappa shape index (κ1) is 13.6. The highest BCUT2D eigenvalue weighted by molar-refractivity contribution is 8.00. The molecule has 0 radical (unpaired) electrons. The Hall–Kier alpha value is -0.400. The van der Waals surface area contributed by atoms with Crippen LogP contribution in [0.1, 0.15) is 6.92 Å². The van der Waals surface area contributed by atoms with Crippen LogP contribution in [0.4, 0.5) is 0 Å². The Morgan fingerprint density at radius 3 is 2.64 bits per heavy atom. The monoisotopic (exact) mass is 237 g/mol. The number of carbonyl (C=O) groups excluding carboxylic acids is 1. The fraction of sp³-hybridized carbons (Fsp3) is 0.714. The van der Waals surface area contributed by atoms with Crippen LogP contribution in [0.15, 0.2) is 4.99 Å². The van der Waals surface area contributed by atoms with E-state index >= 15 is 0 Å². The molecule has 5 nitrogen and oxygen atoms in total. The first-order valence-electron chi connectivity index (χ1n) is 4.04. The maximum absolute atomic E-state index is 11.3. The van der Waals surface area contributed by atoms with Crippen LogP contribution in [0.5, 0.6) is 0 Å². The maximum atomic E-state index is 11.3. The number of carbonyl (C=O) groups is 1. The molecule has 0 amide bonds. The zero-order chi connectivity index (χ0) is 11.1. The molecule has 0 aromatic heterocycles. The molecule has 7 heteroatoms. The Bertz CT molecular complexity index is 251. The van der Waals surface area contributed by atoms with Crippen molar-refractivity contribution in [2.45, 2.75) is 13.0 Å². The van der Waals surface area contributed by atoms with Gasteiger partial charge in [-0.15, -0.1) is 0 Å². The first-order chi connectivity index (χ1) is 6.49. The number of thiol groups is 1.